The Hall–Kier alpha value is -1.03. The van der Waals surface area contributed by atoms with Crippen LogP contribution in [-0.4, -0.2) is 178 Å². The highest BCUT2D eigenvalue weighted by atomic mass is 35.5. The Morgan fingerprint density at radius 3 is 0.758 bits per heavy atom. The summed E-state index contributed by atoms with van der Waals surface area (Å²) in [6.07, 6.45) is 23.5. The number of halogens is 7. The molecule has 0 spiro atoms. The van der Waals surface area contributed by atoms with Gasteiger partial charge in [-0.2, -0.15) is 4.57 Å². The number of phosphoric ester groups is 6. The molecule has 0 aliphatic carbocycles. The Balaban J connectivity index is -0.000000362. The van der Waals surface area contributed by atoms with Crippen molar-refractivity contribution in [3.63, 3.8) is 0 Å². The van der Waals surface area contributed by atoms with Crippen LogP contribution < -0.4 is 13.6 Å². The normalized spacial score (nSPS) is 12.7. The van der Waals surface area contributed by atoms with Crippen LogP contribution in [0.5, 0.6) is 17.2 Å². The molecule has 3 aromatic rings. The average molecular weight is 2140 g/mol. The fourth-order valence-electron chi connectivity index (χ4n) is 9.25. The third kappa shape index (κ3) is 84.6. The Morgan fingerprint density at radius 1 is 0.273 bits per heavy atom. The summed E-state index contributed by atoms with van der Waals surface area (Å²) in [5.74, 6) is 3.27. The maximum atomic E-state index is 13.4. The SMILES string of the molecule is C=CCOP(=O)(OCC=C)OCC=C.CC.CC.CC.CCC(CCl)OP(=O)(OC(CCl)CCl)OC(CCl)CCl.CCCCC(CC)COP(=O)(OCC(CC)CCCC)OCC(CC)CCCC.CCCCOCCOP(=O)(OCCOCCCC)OCCOCCCC.CCCOP(=O)(OCCCl)OCCCl.O=P(Oc1ccccc1)(Oc1ccccc1)Oc1ccccc1. The molecular formula is C92H171Cl7O27P6. The lowest BCUT2D eigenvalue weighted by Crippen LogP contribution is -2.24. The third-order valence-corrected chi connectivity index (χ3v) is 27.4. The molecule has 0 saturated heterocycles. The van der Waals surface area contributed by atoms with Crippen molar-refractivity contribution >= 4 is 128 Å². The summed E-state index contributed by atoms with van der Waals surface area (Å²) in [6, 6.07) is 26.4. The number of ether oxygens (including phenoxy) is 3. The van der Waals surface area contributed by atoms with E-state index in [1.807, 2.05) is 73.6 Å². The molecule has 780 valence electrons. The molecule has 0 heterocycles. The van der Waals surface area contributed by atoms with Crippen molar-refractivity contribution in [1.82, 2.24) is 0 Å². The highest BCUT2D eigenvalue weighted by Crippen LogP contribution is 2.56. The standard InChI is InChI=1S/C24H51O4P.C18H39O7P.C18H15O4P.C10H18Cl5O4P.C9H15O4P.C7H15Cl2O4P.3C2H6/c1-7-13-16-22(10-4)19-26-29(25,27-20-23(11-5)17-14-8-2)28-21-24(12-6)18-15-9-3;1-4-7-10-20-13-16-23-26(19,24-17-14-21-11-8-5-2)25-18-15-22-12-9-6-3;19-23(20-16-10-4-1-5-11-16,21-17-12-6-2-7-13-17)22-18-14-8-3-9-15-18;1-2-8(3-11)17-20(16,18-9(4-12)5-13)19-10(6-14)7-15;1-4-7-11-14(10,12-8-5-2)13-9-6-3;1-2-5-11-14(10,12-6-3-8)13-7-4-9;3*1-2/h22-24H,7-21H2,1-6H3;4-18H2,1-3H3;1-15H;8-10H,2-7H2,1H3;4-6H,1-3,7-9H2;2-7H2,1H3;3*1-2H3. The zero-order valence-corrected chi connectivity index (χ0v) is 93.3. The van der Waals surface area contributed by atoms with Crippen LogP contribution >= 0.6 is 128 Å². The number of alkyl halides is 7. The van der Waals surface area contributed by atoms with Gasteiger partial charge in [-0.25, -0.2) is 22.8 Å². The molecule has 0 saturated carbocycles. The van der Waals surface area contributed by atoms with E-state index in [0.717, 1.165) is 83.5 Å². The molecule has 40 heteroatoms. The molecule has 3 rings (SSSR count). The van der Waals surface area contributed by atoms with E-state index >= 15 is 0 Å². The highest BCUT2D eigenvalue weighted by molar-refractivity contribution is 7.50. The Bertz CT molecular complexity index is 2930. The van der Waals surface area contributed by atoms with Crippen LogP contribution in [0.25, 0.3) is 0 Å². The van der Waals surface area contributed by atoms with Crippen LogP contribution in [0, 0.1) is 17.8 Å². The topological polar surface area (TPSA) is 296 Å². The van der Waals surface area contributed by atoms with Crippen LogP contribution in [0.3, 0.4) is 0 Å². The predicted molar refractivity (Wildman–Crippen MR) is 550 cm³/mol. The second kappa shape index (κ2) is 101. The minimum absolute atomic E-state index is 0.0459. The summed E-state index contributed by atoms with van der Waals surface area (Å²) in [5, 5.41) is 0. The summed E-state index contributed by atoms with van der Waals surface area (Å²) in [4.78, 5) is 0. The molecule has 0 aliphatic heterocycles. The number of unbranched alkanes of at least 4 members (excludes halogenated alkanes) is 6. The van der Waals surface area contributed by atoms with E-state index in [1.165, 1.54) is 56.8 Å². The fourth-order valence-corrected chi connectivity index (χ4v) is 19.1. The van der Waals surface area contributed by atoms with Crippen molar-refractivity contribution in [2.24, 2.45) is 17.8 Å². The van der Waals surface area contributed by atoms with Crippen molar-refractivity contribution < 1.29 is 123 Å². The summed E-state index contributed by atoms with van der Waals surface area (Å²) in [6.45, 7) is 51.3. The average Bonchev–Trinajstić information content (AvgIpc) is 0.827. The molecule has 3 aromatic carbocycles. The Morgan fingerprint density at radius 2 is 0.523 bits per heavy atom. The van der Waals surface area contributed by atoms with Crippen LogP contribution in [-0.2, 0) is 109 Å². The van der Waals surface area contributed by atoms with E-state index in [0.29, 0.717) is 107 Å². The van der Waals surface area contributed by atoms with E-state index in [9.17, 15) is 27.4 Å². The van der Waals surface area contributed by atoms with E-state index < -0.39 is 65.2 Å². The molecule has 0 aliphatic rings. The van der Waals surface area contributed by atoms with Crippen LogP contribution in [0.1, 0.15) is 246 Å². The van der Waals surface area contributed by atoms with Crippen molar-refractivity contribution in [3.8, 4) is 17.2 Å². The van der Waals surface area contributed by atoms with Gasteiger partial charge in [0.25, 0.3) is 0 Å². The maximum Gasteiger partial charge on any atom is 0.647 e. The molecule has 4 atom stereocenters. The quantitative estimate of drug-likeness (QED) is 0.0219. The third-order valence-electron chi connectivity index (χ3n) is 16.6. The lowest BCUT2D eigenvalue weighted by Gasteiger charge is -2.27. The summed E-state index contributed by atoms with van der Waals surface area (Å²) in [5.41, 5.74) is 0. The van der Waals surface area contributed by atoms with Crippen LogP contribution in [0.15, 0.2) is 129 Å². The van der Waals surface area contributed by atoms with E-state index in [4.69, 9.17) is 177 Å². The summed E-state index contributed by atoms with van der Waals surface area (Å²) < 4.78 is 187. The molecule has 0 aromatic heterocycles. The summed E-state index contributed by atoms with van der Waals surface area (Å²) in [7, 11) is -21.9. The minimum Gasteiger partial charge on any atom is -0.386 e. The number of para-hydroxylation sites is 3. The number of phosphoric acid groups is 6. The van der Waals surface area contributed by atoms with Gasteiger partial charge in [0.1, 0.15) is 17.2 Å². The Kier molecular flexibility index (Phi) is 109. The molecule has 0 amide bonds. The lowest BCUT2D eigenvalue weighted by molar-refractivity contribution is 0.0330. The first-order valence-corrected chi connectivity index (χ1v) is 59.4. The maximum absolute atomic E-state index is 13.4. The fraction of sp³-hybridized carbons (Fsp3) is 0.739. The highest BCUT2D eigenvalue weighted by Gasteiger charge is 2.38. The van der Waals surface area contributed by atoms with Gasteiger partial charge in [-0.1, -0.05) is 268 Å². The predicted octanol–water partition coefficient (Wildman–Crippen LogP) is 32.4. The van der Waals surface area contributed by atoms with Gasteiger partial charge in [-0.3, -0.25) is 67.9 Å². The van der Waals surface area contributed by atoms with Crippen molar-refractivity contribution in [2.75, 3.05) is 160 Å². The summed E-state index contributed by atoms with van der Waals surface area (Å²) >= 11 is 39.2. The Labute approximate surface area is 833 Å². The number of benzene rings is 3. The van der Waals surface area contributed by atoms with Gasteiger partial charge in [-0.05, 0) is 106 Å². The molecule has 27 nitrogen and oxygen atoms in total. The monoisotopic (exact) mass is 2140 g/mol. The second-order valence-electron chi connectivity index (χ2n) is 27.4. The molecule has 0 N–H and O–H groups in total. The molecule has 0 bridgehead atoms. The largest absolute Gasteiger partial charge is 0.647 e. The van der Waals surface area contributed by atoms with E-state index in [2.05, 4.69) is 82.1 Å². The molecule has 0 fully saturated rings. The zero-order valence-electron chi connectivity index (χ0n) is 82.6. The van der Waals surface area contributed by atoms with Gasteiger partial charge in [0, 0.05) is 37.5 Å². The molecule has 0 radical (unpaired) electrons. The molecule has 132 heavy (non-hydrogen) atoms. The first-order chi connectivity index (χ1) is 63.7. The van der Waals surface area contributed by atoms with E-state index in [-0.39, 0.29) is 94.0 Å². The van der Waals surface area contributed by atoms with Crippen molar-refractivity contribution in [1.29, 1.82) is 0 Å². The van der Waals surface area contributed by atoms with Gasteiger partial charge >= 0.3 is 46.9 Å². The van der Waals surface area contributed by atoms with Gasteiger partial charge in [0.15, 0.2) is 0 Å². The number of rotatable bonds is 78. The van der Waals surface area contributed by atoms with Gasteiger partial charge in [0.2, 0.25) is 0 Å². The number of hydrogen-bond acceptors (Lipinski definition) is 27. The zero-order chi connectivity index (χ0) is 101. The minimum atomic E-state index is -3.91. The molecular weight excluding hydrogens is 1970 g/mol. The van der Waals surface area contributed by atoms with E-state index in [1.54, 1.807) is 72.8 Å². The van der Waals surface area contributed by atoms with Gasteiger partial charge in [-0.15, -0.1) is 101 Å². The first kappa shape index (κ1) is 142. The van der Waals surface area contributed by atoms with Crippen LogP contribution in [0.2, 0.25) is 0 Å². The number of hydrogen-bond donors (Lipinski definition) is 0. The van der Waals surface area contributed by atoms with Gasteiger partial charge in [0.05, 0.1) is 141 Å². The second-order valence-corrected chi connectivity index (χ2v) is 39.4. The van der Waals surface area contributed by atoms with Crippen molar-refractivity contribution in [2.45, 2.75) is 264 Å². The van der Waals surface area contributed by atoms with Gasteiger partial charge < -0.3 is 27.8 Å². The van der Waals surface area contributed by atoms with Crippen molar-refractivity contribution in [3.05, 3.63) is 129 Å². The molecule has 4 unspecified atom stereocenters. The van der Waals surface area contributed by atoms with Crippen LogP contribution in [0.4, 0.5) is 0 Å². The first-order valence-electron chi connectivity index (χ1n) is 46.9. The lowest BCUT2D eigenvalue weighted by atomic mass is 10.0. The smallest absolute Gasteiger partial charge is 0.386 e.